The third-order valence-corrected chi connectivity index (χ3v) is 6.55. The highest BCUT2D eigenvalue weighted by Crippen LogP contribution is 2.35. The lowest BCUT2D eigenvalue weighted by molar-refractivity contribution is 0.0523. The molecule has 1 fully saturated rings. The van der Waals surface area contributed by atoms with Crippen LogP contribution in [-0.4, -0.2) is 60.3 Å². The van der Waals surface area contributed by atoms with Crippen LogP contribution in [0.15, 0.2) is 30.3 Å². The van der Waals surface area contributed by atoms with E-state index in [0.717, 1.165) is 48.3 Å². The summed E-state index contributed by atoms with van der Waals surface area (Å²) in [6.45, 7) is 8.83. The minimum absolute atomic E-state index is 0.310. The first-order valence-electron chi connectivity index (χ1n) is 12.1. The molecule has 1 aliphatic heterocycles. The van der Waals surface area contributed by atoms with Crippen LogP contribution in [0.3, 0.4) is 0 Å². The summed E-state index contributed by atoms with van der Waals surface area (Å²) in [5.41, 5.74) is 3.67. The van der Waals surface area contributed by atoms with Crippen molar-refractivity contribution in [2.45, 2.75) is 39.3 Å². The Balaban J connectivity index is 1.47. The third kappa shape index (κ3) is 6.75. The van der Waals surface area contributed by atoms with Gasteiger partial charge in [-0.15, -0.1) is 0 Å². The highest BCUT2D eigenvalue weighted by atomic mass is 35.5. The summed E-state index contributed by atoms with van der Waals surface area (Å²) in [6, 6.07) is 9.48. The molecule has 0 radical (unpaired) electrons. The van der Waals surface area contributed by atoms with E-state index < -0.39 is 11.7 Å². The number of hydrogen-bond acceptors (Lipinski definition) is 6. The molecule has 1 atom stereocenters. The van der Waals surface area contributed by atoms with Gasteiger partial charge in [0.05, 0.1) is 32.5 Å². The molecule has 194 valence electrons. The number of rotatable bonds is 7. The fraction of sp³-hybridized carbons (Fsp3) is 0.462. The number of amides is 1. The Morgan fingerprint density at radius 2 is 2.00 bits per heavy atom. The van der Waals surface area contributed by atoms with Crippen molar-refractivity contribution in [2.24, 2.45) is 5.92 Å². The van der Waals surface area contributed by atoms with Crippen LogP contribution in [0.5, 0.6) is 0 Å². The van der Waals surface area contributed by atoms with Gasteiger partial charge in [-0.05, 0) is 77.0 Å². The van der Waals surface area contributed by atoms with Crippen LogP contribution in [0.2, 0.25) is 10.0 Å². The number of nitrogens with one attached hydrogen (secondary N) is 3. The zero-order valence-electron chi connectivity index (χ0n) is 21.4. The number of aromatic nitrogens is 2. The van der Waals surface area contributed by atoms with Crippen LogP contribution in [0.1, 0.15) is 32.8 Å². The Labute approximate surface area is 222 Å². The first-order valence-corrected chi connectivity index (χ1v) is 12.8. The number of alkyl carbamates (subject to hydrolysis) is 1. The van der Waals surface area contributed by atoms with Gasteiger partial charge in [-0.25, -0.2) is 9.78 Å². The number of benzene rings is 2. The summed E-state index contributed by atoms with van der Waals surface area (Å²) < 4.78 is 5.30. The smallest absolute Gasteiger partial charge is 0.407 e. The van der Waals surface area contributed by atoms with Gasteiger partial charge >= 0.3 is 6.09 Å². The molecule has 3 N–H and O–H groups in total. The summed E-state index contributed by atoms with van der Waals surface area (Å²) in [5, 5.41) is 7.27. The minimum atomic E-state index is -0.552. The lowest BCUT2D eigenvalue weighted by Gasteiger charge is -2.21. The summed E-state index contributed by atoms with van der Waals surface area (Å²) in [7, 11) is 4.22. The topological polar surface area (TPSA) is 85.5 Å². The predicted molar refractivity (Wildman–Crippen MR) is 148 cm³/mol. The minimum Gasteiger partial charge on any atom is -0.444 e. The van der Waals surface area contributed by atoms with Crippen LogP contribution in [0.4, 0.5) is 22.1 Å². The van der Waals surface area contributed by atoms with Gasteiger partial charge in [0.15, 0.2) is 0 Å². The van der Waals surface area contributed by atoms with E-state index in [-0.39, 0.29) is 0 Å². The molecule has 36 heavy (non-hydrogen) atoms. The van der Waals surface area contributed by atoms with Gasteiger partial charge in [-0.3, -0.25) is 0 Å². The van der Waals surface area contributed by atoms with Gasteiger partial charge in [0.2, 0.25) is 5.95 Å². The fourth-order valence-electron chi connectivity index (χ4n) is 4.43. The Morgan fingerprint density at radius 3 is 2.72 bits per heavy atom. The largest absolute Gasteiger partial charge is 0.444 e. The molecule has 1 aromatic heterocycles. The molecule has 1 amide bonds. The van der Waals surface area contributed by atoms with Crippen molar-refractivity contribution >= 4 is 57.7 Å². The van der Waals surface area contributed by atoms with Crippen molar-refractivity contribution in [3.63, 3.8) is 0 Å². The average Bonchev–Trinajstić information content (AvgIpc) is 3.38. The number of ether oxygens (including phenoxy) is 1. The number of carbonyl (C=O) groups excluding carboxylic acids is 1. The molecule has 1 saturated heterocycles. The van der Waals surface area contributed by atoms with Gasteiger partial charge in [-0.1, -0.05) is 29.3 Å². The molecule has 3 aromatic rings. The second-order valence-electron chi connectivity index (χ2n) is 10.6. The zero-order chi connectivity index (χ0) is 26.0. The van der Waals surface area contributed by atoms with Crippen LogP contribution >= 0.6 is 23.2 Å². The number of H-pyrrole nitrogens is 1. The zero-order valence-corrected chi connectivity index (χ0v) is 22.9. The van der Waals surface area contributed by atoms with E-state index >= 15 is 0 Å². The van der Waals surface area contributed by atoms with Gasteiger partial charge in [0, 0.05) is 26.2 Å². The maximum absolute atomic E-state index is 12.0. The maximum Gasteiger partial charge on any atom is 0.407 e. The van der Waals surface area contributed by atoms with E-state index in [0.29, 0.717) is 34.1 Å². The molecule has 0 spiro atoms. The second-order valence-corrected chi connectivity index (χ2v) is 11.4. The molecule has 0 aliphatic carbocycles. The molecule has 0 bridgehead atoms. The number of carbonyl (C=O) groups is 1. The molecule has 2 heterocycles. The number of hydrogen-bond donors (Lipinski definition) is 3. The highest BCUT2D eigenvalue weighted by Gasteiger charge is 2.25. The molecule has 0 unspecified atom stereocenters. The molecule has 0 saturated carbocycles. The van der Waals surface area contributed by atoms with Crippen LogP contribution in [0, 0.1) is 5.92 Å². The number of fused-ring (bicyclic) bond motifs is 1. The Bertz CT molecular complexity index is 1240. The molecule has 1 aliphatic rings. The van der Waals surface area contributed by atoms with E-state index in [1.807, 2.05) is 45.0 Å². The van der Waals surface area contributed by atoms with Gasteiger partial charge in [0.25, 0.3) is 0 Å². The molecule has 2 aromatic carbocycles. The van der Waals surface area contributed by atoms with Gasteiger partial charge < -0.3 is 30.2 Å². The third-order valence-electron chi connectivity index (χ3n) is 5.92. The summed E-state index contributed by atoms with van der Waals surface area (Å²) >= 11 is 13.1. The number of nitrogens with zero attached hydrogens (tertiary/aromatic N) is 3. The van der Waals surface area contributed by atoms with E-state index in [1.54, 1.807) is 6.07 Å². The quantitative estimate of drug-likeness (QED) is 0.344. The maximum atomic E-state index is 12.0. The highest BCUT2D eigenvalue weighted by molar-refractivity contribution is 6.34. The predicted octanol–water partition coefficient (Wildman–Crippen LogP) is 6.03. The van der Waals surface area contributed by atoms with Crippen molar-refractivity contribution in [1.29, 1.82) is 0 Å². The SMILES string of the molecule is CN(C)C[C@H]1CCN(c2cc3nc(Nc4cc(CNC(=O)OC(C)(C)C)ccc4Cl)[nH]c3cc2Cl)C1. The second kappa shape index (κ2) is 10.7. The van der Waals surface area contributed by atoms with Gasteiger partial charge in [0.1, 0.15) is 5.60 Å². The Hall–Kier alpha value is -2.68. The molecular formula is C26H34Cl2N6O2. The number of halogens is 2. The number of anilines is 3. The van der Waals surface area contributed by atoms with E-state index in [2.05, 4.69) is 39.5 Å². The van der Waals surface area contributed by atoms with E-state index in [4.69, 9.17) is 32.9 Å². The van der Waals surface area contributed by atoms with E-state index in [9.17, 15) is 4.79 Å². The lowest BCUT2D eigenvalue weighted by atomic mass is 10.1. The molecular weight excluding hydrogens is 499 g/mol. The summed E-state index contributed by atoms with van der Waals surface area (Å²) in [5.74, 6) is 1.19. The number of imidazole rings is 1. The first-order chi connectivity index (χ1) is 17.0. The molecule has 8 nitrogen and oxygen atoms in total. The van der Waals surface area contributed by atoms with Gasteiger partial charge in [-0.2, -0.15) is 0 Å². The van der Waals surface area contributed by atoms with Crippen molar-refractivity contribution in [3.8, 4) is 0 Å². The summed E-state index contributed by atoms with van der Waals surface area (Å²) in [4.78, 5) is 24.6. The average molecular weight is 534 g/mol. The van der Waals surface area contributed by atoms with Crippen molar-refractivity contribution in [3.05, 3.63) is 45.9 Å². The van der Waals surface area contributed by atoms with Crippen LogP contribution in [-0.2, 0) is 11.3 Å². The standard InChI is InChI=1S/C26H34Cl2N6O2/c1-26(2,3)36-25(35)29-13-16-6-7-18(27)20(10-16)30-24-31-21-11-19(28)23(12-22(21)32-24)34-9-8-17(15-34)14-33(4)5/h6-7,10-12,17H,8-9,13-15H2,1-5H3,(H,29,35)(H2,30,31,32)/t17-/m1/s1. The fourth-order valence-corrected chi connectivity index (χ4v) is 4.88. The molecule has 4 rings (SSSR count). The van der Waals surface area contributed by atoms with Crippen molar-refractivity contribution in [2.75, 3.05) is 43.9 Å². The van der Waals surface area contributed by atoms with Crippen LogP contribution < -0.4 is 15.5 Å². The van der Waals surface area contributed by atoms with Crippen LogP contribution in [0.25, 0.3) is 11.0 Å². The summed E-state index contributed by atoms with van der Waals surface area (Å²) in [6.07, 6.45) is 0.681. The van der Waals surface area contributed by atoms with Crippen molar-refractivity contribution < 1.29 is 9.53 Å². The Kier molecular flexibility index (Phi) is 7.87. The lowest BCUT2D eigenvalue weighted by Crippen LogP contribution is -2.32. The monoisotopic (exact) mass is 532 g/mol. The van der Waals surface area contributed by atoms with E-state index in [1.165, 1.54) is 0 Å². The first kappa shape index (κ1) is 26.4. The van der Waals surface area contributed by atoms with Crippen molar-refractivity contribution in [1.82, 2.24) is 20.2 Å². The normalized spacial score (nSPS) is 16.1. The Morgan fingerprint density at radius 1 is 1.22 bits per heavy atom. The number of aromatic amines is 1. The molecule has 10 heteroatoms.